The number of nitrogens with zero attached hydrogens (tertiary/aromatic N) is 2. The molecule has 0 fully saturated rings. The van der Waals surface area contributed by atoms with Gasteiger partial charge in [0.1, 0.15) is 5.82 Å². The monoisotopic (exact) mass is 239 g/mol. The van der Waals surface area contributed by atoms with E-state index in [0.717, 1.165) is 22.4 Å². The van der Waals surface area contributed by atoms with Crippen molar-refractivity contribution in [1.29, 1.82) is 0 Å². The fourth-order valence-corrected chi connectivity index (χ4v) is 1.87. The second kappa shape index (κ2) is 4.41. The molecule has 2 aromatic heterocycles. The first-order chi connectivity index (χ1) is 8.84. The van der Waals surface area contributed by atoms with Crippen molar-refractivity contribution in [2.75, 3.05) is 0 Å². The summed E-state index contributed by atoms with van der Waals surface area (Å²) in [7, 11) is 0. The predicted octanol–water partition coefficient (Wildman–Crippen LogP) is 3.28. The molecule has 0 aliphatic heterocycles. The van der Waals surface area contributed by atoms with Crippen LogP contribution in [0.15, 0.2) is 55.0 Å². The quantitative estimate of drug-likeness (QED) is 0.745. The fourth-order valence-electron chi connectivity index (χ4n) is 1.87. The van der Waals surface area contributed by atoms with Gasteiger partial charge in [0.25, 0.3) is 0 Å². The Kier molecular flexibility index (Phi) is 2.61. The van der Waals surface area contributed by atoms with Crippen molar-refractivity contribution in [3.8, 4) is 22.4 Å². The van der Waals surface area contributed by atoms with Gasteiger partial charge in [-0.15, -0.1) is 0 Å². The van der Waals surface area contributed by atoms with E-state index >= 15 is 0 Å². The topological polar surface area (TPSA) is 41.6 Å². The summed E-state index contributed by atoms with van der Waals surface area (Å²) in [6.07, 6.45) is 5.19. The first-order valence-corrected chi connectivity index (χ1v) is 5.54. The van der Waals surface area contributed by atoms with E-state index in [9.17, 15) is 4.39 Å². The van der Waals surface area contributed by atoms with Crippen LogP contribution in [-0.4, -0.2) is 15.2 Å². The lowest BCUT2D eigenvalue weighted by molar-refractivity contribution is 0.628. The van der Waals surface area contributed by atoms with Crippen LogP contribution in [0.25, 0.3) is 22.4 Å². The largest absolute Gasteiger partial charge is 0.277 e. The molecule has 3 nitrogen and oxygen atoms in total. The molecule has 0 aliphatic rings. The maximum atomic E-state index is 12.9. The van der Waals surface area contributed by atoms with Gasteiger partial charge in [-0.2, -0.15) is 5.10 Å². The summed E-state index contributed by atoms with van der Waals surface area (Å²) in [6, 6.07) is 10.2. The molecule has 88 valence electrons. The first-order valence-electron chi connectivity index (χ1n) is 5.54. The molecule has 0 saturated heterocycles. The summed E-state index contributed by atoms with van der Waals surface area (Å²) < 4.78 is 12.9. The normalized spacial score (nSPS) is 10.5. The molecule has 0 aliphatic carbocycles. The third-order valence-corrected chi connectivity index (χ3v) is 2.76. The lowest BCUT2D eigenvalue weighted by atomic mass is 10.0. The van der Waals surface area contributed by atoms with E-state index in [2.05, 4.69) is 15.2 Å². The van der Waals surface area contributed by atoms with E-state index in [1.807, 2.05) is 12.1 Å². The zero-order valence-corrected chi connectivity index (χ0v) is 9.47. The van der Waals surface area contributed by atoms with Gasteiger partial charge in [-0.3, -0.25) is 10.1 Å². The number of aromatic amines is 1. The van der Waals surface area contributed by atoms with Crippen LogP contribution in [-0.2, 0) is 0 Å². The average Bonchev–Trinajstić information content (AvgIpc) is 2.90. The summed E-state index contributed by atoms with van der Waals surface area (Å²) in [6.45, 7) is 0. The fraction of sp³-hybridized carbons (Fsp3) is 0. The standard InChI is InChI=1S/C14H10FN3/c15-12-3-1-10(2-4-12)13-9-17-18-14(13)11-5-7-16-8-6-11/h1-9H,(H,17,18). The summed E-state index contributed by atoms with van der Waals surface area (Å²) in [5.41, 5.74) is 3.78. The van der Waals surface area contributed by atoms with E-state index in [1.54, 1.807) is 30.7 Å². The highest BCUT2D eigenvalue weighted by Crippen LogP contribution is 2.29. The second-order valence-electron chi connectivity index (χ2n) is 3.90. The molecule has 0 saturated carbocycles. The molecule has 18 heavy (non-hydrogen) atoms. The molecule has 3 aromatic rings. The molecule has 1 aromatic carbocycles. The van der Waals surface area contributed by atoms with Crippen LogP contribution < -0.4 is 0 Å². The number of aromatic nitrogens is 3. The molecule has 4 heteroatoms. The predicted molar refractivity (Wildman–Crippen MR) is 67.2 cm³/mol. The molecule has 1 N–H and O–H groups in total. The van der Waals surface area contributed by atoms with Crippen molar-refractivity contribution in [3.05, 3.63) is 60.8 Å². The summed E-state index contributed by atoms with van der Waals surface area (Å²) in [5.74, 6) is -0.243. The molecule has 3 rings (SSSR count). The van der Waals surface area contributed by atoms with E-state index in [0.29, 0.717) is 0 Å². The van der Waals surface area contributed by atoms with Crippen molar-refractivity contribution in [3.63, 3.8) is 0 Å². The van der Waals surface area contributed by atoms with Gasteiger partial charge in [0.2, 0.25) is 0 Å². The van der Waals surface area contributed by atoms with Gasteiger partial charge in [0, 0.05) is 23.5 Å². The summed E-state index contributed by atoms with van der Waals surface area (Å²) in [5, 5.41) is 7.02. The Morgan fingerprint density at radius 3 is 2.33 bits per heavy atom. The number of rotatable bonds is 2. The summed E-state index contributed by atoms with van der Waals surface area (Å²) >= 11 is 0. The molecule has 2 heterocycles. The maximum Gasteiger partial charge on any atom is 0.123 e. The molecular formula is C14H10FN3. The Hall–Kier alpha value is -2.49. The van der Waals surface area contributed by atoms with Crippen LogP contribution in [0.2, 0.25) is 0 Å². The zero-order valence-electron chi connectivity index (χ0n) is 9.47. The number of halogens is 1. The van der Waals surface area contributed by atoms with Gasteiger partial charge in [0.15, 0.2) is 0 Å². The van der Waals surface area contributed by atoms with Crippen molar-refractivity contribution in [2.45, 2.75) is 0 Å². The SMILES string of the molecule is Fc1ccc(-c2cn[nH]c2-c2ccncc2)cc1. The number of benzene rings is 1. The molecule has 0 spiro atoms. The lowest BCUT2D eigenvalue weighted by Gasteiger charge is -2.03. The number of nitrogens with one attached hydrogen (secondary N) is 1. The maximum absolute atomic E-state index is 12.9. The third-order valence-electron chi connectivity index (χ3n) is 2.76. The summed E-state index contributed by atoms with van der Waals surface area (Å²) in [4.78, 5) is 3.99. The van der Waals surface area contributed by atoms with Crippen LogP contribution >= 0.6 is 0 Å². The minimum Gasteiger partial charge on any atom is -0.277 e. The zero-order chi connectivity index (χ0) is 12.4. The number of pyridine rings is 1. The van der Waals surface area contributed by atoms with Crippen molar-refractivity contribution in [1.82, 2.24) is 15.2 Å². The van der Waals surface area contributed by atoms with Crippen LogP contribution in [0.3, 0.4) is 0 Å². The molecule has 0 amide bonds. The van der Waals surface area contributed by atoms with E-state index in [4.69, 9.17) is 0 Å². The van der Waals surface area contributed by atoms with Crippen molar-refractivity contribution in [2.24, 2.45) is 0 Å². The minimum atomic E-state index is -0.243. The highest BCUT2D eigenvalue weighted by Gasteiger charge is 2.09. The molecule has 0 bridgehead atoms. The van der Waals surface area contributed by atoms with Gasteiger partial charge in [0.05, 0.1) is 11.9 Å². The van der Waals surface area contributed by atoms with Gasteiger partial charge < -0.3 is 0 Å². The van der Waals surface area contributed by atoms with Crippen LogP contribution in [0.4, 0.5) is 4.39 Å². The second-order valence-corrected chi connectivity index (χ2v) is 3.90. The Bertz CT molecular complexity index is 644. The van der Waals surface area contributed by atoms with E-state index in [1.165, 1.54) is 12.1 Å². The Balaban J connectivity index is 2.10. The molecular weight excluding hydrogens is 229 g/mol. The minimum absolute atomic E-state index is 0.243. The number of H-pyrrole nitrogens is 1. The van der Waals surface area contributed by atoms with Crippen molar-refractivity contribution >= 4 is 0 Å². The lowest BCUT2D eigenvalue weighted by Crippen LogP contribution is -1.83. The molecule has 0 radical (unpaired) electrons. The Labute approximate surface area is 103 Å². The number of hydrogen-bond acceptors (Lipinski definition) is 2. The Morgan fingerprint density at radius 2 is 1.61 bits per heavy atom. The van der Waals surface area contributed by atoms with Crippen LogP contribution in [0.1, 0.15) is 0 Å². The molecule has 0 unspecified atom stereocenters. The van der Waals surface area contributed by atoms with Gasteiger partial charge in [-0.25, -0.2) is 4.39 Å². The van der Waals surface area contributed by atoms with E-state index in [-0.39, 0.29) is 5.82 Å². The van der Waals surface area contributed by atoms with E-state index < -0.39 is 0 Å². The van der Waals surface area contributed by atoms with Crippen molar-refractivity contribution < 1.29 is 4.39 Å². The Morgan fingerprint density at radius 1 is 0.889 bits per heavy atom. The highest BCUT2D eigenvalue weighted by molar-refractivity contribution is 5.79. The van der Waals surface area contributed by atoms with Crippen LogP contribution in [0, 0.1) is 5.82 Å². The smallest absolute Gasteiger partial charge is 0.123 e. The molecule has 0 atom stereocenters. The average molecular weight is 239 g/mol. The van der Waals surface area contributed by atoms with Gasteiger partial charge in [-0.05, 0) is 29.8 Å². The first kappa shape index (κ1) is 10.7. The van der Waals surface area contributed by atoms with Gasteiger partial charge >= 0.3 is 0 Å². The van der Waals surface area contributed by atoms with Gasteiger partial charge in [-0.1, -0.05) is 12.1 Å². The third kappa shape index (κ3) is 1.88. The highest BCUT2D eigenvalue weighted by atomic mass is 19.1. The van der Waals surface area contributed by atoms with Crippen LogP contribution in [0.5, 0.6) is 0 Å². The number of hydrogen-bond donors (Lipinski definition) is 1.